The summed E-state index contributed by atoms with van der Waals surface area (Å²) in [6, 6.07) is 12.6. The van der Waals surface area contributed by atoms with Gasteiger partial charge in [-0.3, -0.25) is 9.59 Å². The molecule has 31 heavy (non-hydrogen) atoms. The minimum atomic E-state index is -0.678. The molecule has 1 aliphatic rings. The first-order chi connectivity index (χ1) is 14.6. The highest BCUT2D eigenvalue weighted by molar-refractivity contribution is 6.03. The van der Waals surface area contributed by atoms with E-state index in [1.165, 1.54) is 6.07 Å². The highest BCUT2D eigenvalue weighted by Crippen LogP contribution is 2.29. The van der Waals surface area contributed by atoms with Crippen LogP contribution in [-0.2, 0) is 25.4 Å². The van der Waals surface area contributed by atoms with Crippen LogP contribution in [0.25, 0.3) is 0 Å². The van der Waals surface area contributed by atoms with E-state index in [0.717, 1.165) is 11.1 Å². The van der Waals surface area contributed by atoms with Gasteiger partial charge in [0.05, 0.1) is 25.2 Å². The van der Waals surface area contributed by atoms with E-state index in [-0.39, 0.29) is 23.5 Å². The Kier molecular flexibility index (Phi) is 7.13. The van der Waals surface area contributed by atoms with Crippen molar-refractivity contribution in [2.24, 2.45) is 5.92 Å². The van der Waals surface area contributed by atoms with E-state index in [2.05, 4.69) is 0 Å². The van der Waals surface area contributed by atoms with Gasteiger partial charge in [-0.2, -0.15) is 0 Å². The number of aromatic hydroxyl groups is 1. The van der Waals surface area contributed by atoms with Crippen LogP contribution in [-0.4, -0.2) is 35.7 Å². The average Bonchev–Trinajstić information content (AvgIpc) is 3.21. The highest BCUT2D eigenvalue weighted by atomic mass is 16.7. The van der Waals surface area contributed by atoms with Gasteiger partial charge >= 0.3 is 5.97 Å². The summed E-state index contributed by atoms with van der Waals surface area (Å²) in [5, 5.41) is 10.3. The summed E-state index contributed by atoms with van der Waals surface area (Å²) in [6.45, 7) is 8.23. The molecule has 2 aromatic carbocycles. The predicted octanol–water partition coefficient (Wildman–Crippen LogP) is 4.52. The van der Waals surface area contributed by atoms with Crippen LogP contribution in [0.5, 0.6) is 5.75 Å². The first kappa shape index (κ1) is 23.0. The topological polar surface area (TPSA) is 82.1 Å². The van der Waals surface area contributed by atoms with Gasteiger partial charge < -0.3 is 19.3 Å². The third kappa shape index (κ3) is 6.15. The van der Waals surface area contributed by atoms with Gasteiger partial charge in [-0.25, -0.2) is 0 Å². The van der Waals surface area contributed by atoms with Gasteiger partial charge in [-0.15, -0.1) is 0 Å². The third-order valence-electron chi connectivity index (χ3n) is 5.03. The Labute approximate surface area is 183 Å². The first-order valence-electron chi connectivity index (χ1n) is 10.5. The van der Waals surface area contributed by atoms with Gasteiger partial charge in [0, 0.05) is 11.5 Å². The molecule has 0 bridgehead atoms. The summed E-state index contributed by atoms with van der Waals surface area (Å²) in [5.74, 6) is -1.49. The molecule has 0 aromatic heterocycles. The molecule has 0 radical (unpaired) electrons. The van der Waals surface area contributed by atoms with Crippen LogP contribution in [0.15, 0.2) is 42.5 Å². The number of ether oxygens (including phenoxy) is 3. The van der Waals surface area contributed by atoms with Crippen molar-refractivity contribution in [1.82, 2.24) is 0 Å². The van der Waals surface area contributed by atoms with Crippen LogP contribution in [0.1, 0.15) is 60.5 Å². The lowest BCUT2D eigenvalue weighted by molar-refractivity contribution is -0.155. The van der Waals surface area contributed by atoms with Gasteiger partial charge in [0.15, 0.2) is 12.1 Å². The molecule has 1 fully saturated rings. The summed E-state index contributed by atoms with van der Waals surface area (Å²) in [7, 11) is 0. The van der Waals surface area contributed by atoms with Gasteiger partial charge in [0.25, 0.3) is 0 Å². The molecule has 1 unspecified atom stereocenters. The molecular formula is C25H30O6. The van der Waals surface area contributed by atoms with Crippen LogP contribution in [0.2, 0.25) is 0 Å². The standard InChI is InChI=1S/C25H30O6/c1-16-7-5-10-20(26)22(16)23(28)19(15-21(27)31-25(2,3)4)14-17-8-6-9-18(13-17)24-29-11-12-30-24/h5-10,13,19,24,26H,11-12,14-15H2,1-4H3. The third-order valence-corrected chi connectivity index (χ3v) is 5.03. The lowest BCUT2D eigenvalue weighted by Gasteiger charge is -2.23. The number of rotatable bonds is 7. The van der Waals surface area contributed by atoms with Gasteiger partial charge in [-0.1, -0.05) is 36.4 Å². The molecule has 2 aromatic rings. The molecular weight excluding hydrogens is 396 g/mol. The summed E-state index contributed by atoms with van der Waals surface area (Å²) < 4.78 is 16.6. The highest BCUT2D eigenvalue weighted by Gasteiger charge is 2.29. The summed E-state index contributed by atoms with van der Waals surface area (Å²) in [4.78, 5) is 26.0. The van der Waals surface area contributed by atoms with Crippen molar-refractivity contribution in [1.29, 1.82) is 0 Å². The largest absolute Gasteiger partial charge is 0.507 e. The second-order valence-electron chi connectivity index (χ2n) is 8.84. The number of hydrogen-bond donors (Lipinski definition) is 1. The van der Waals surface area contributed by atoms with Crippen molar-refractivity contribution < 1.29 is 28.9 Å². The van der Waals surface area contributed by atoms with Gasteiger partial charge in [0.2, 0.25) is 0 Å². The lowest BCUT2D eigenvalue weighted by Crippen LogP contribution is -2.28. The van der Waals surface area contributed by atoms with Crippen LogP contribution in [0, 0.1) is 12.8 Å². The monoisotopic (exact) mass is 426 g/mol. The molecule has 1 saturated heterocycles. The number of carbonyl (C=O) groups excluding carboxylic acids is 2. The molecule has 0 saturated carbocycles. The minimum Gasteiger partial charge on any atom is -0.507 e. The normalized spacial score (nSPS) is 15.6. The molecule has 0 spiro atoms. The van der Waals surface area contributed by atoms with Crippen molar-refractivity contribution in [3.05, 3.63) is 64.7 Å². The molecule has 1 atom stereocenters. The quantitative estimate of drug-likeness (QED) is 0.518. The Morgan fingerprint density at radius 2 is 1.81 bits per heavy atom. The summed E-state index contributed by atoms with van der Waals surface area (Å²) in [5.41, 5.74) is 2.02. The molecule has 1 heterocycles. The van der Waals surface area contributed by atoms with E-state index >= 15 is 0 Å². The zero-order valence-corrected chi connectivity index (χ0v) is 18.5. The number of esters is 1. The zero-order chi connectivity index (χ0) is 22.6. The van der Waals surface area contributed by atoms with Gasteiger partial charge in [-0.05, 0) is 51.3 Å². The zero-order valence-electron chi connectivity index (χ0n) is 18.5. The van der Waals surface area contributed by atoms with Crippen LogP contribution in [0.3, 0.4) is 0 Å². The molecule has 1 aliphatic heterocycles. The van der Waals surface area contributed by atoms with Crippen LogP contribution >= 0.6 is 0 Å². The van der Waals surface area contributed by atoms with Crippen molar-refractivity contribution in [2.45, 2.75) is 52.4 Å². The maximum Gasteiger partial charge on any atom is 0.307 e. The van der Waals surface area contributed by atoms with Crippen molar-refractivity contribution in [2.75, 3.05) is 13.2 Å². The number of aryl methyl sites for hydroxylation is 1. The number of ketones is 1. The Morgan fingerprint density at radius 1 is 1.13 bits per heavy atom. The molecule has 3 rings (SSSR count). The molecule has 0 amide bonds. The fourth-order valence-electron chi connectivity index (χ4n) is 3.72. The van der Waals surface area contributed by atoms with Crippen LogP contribution < -0.4 is 0 Å². The minimum absolute atomic E-state index is 0.0788. The number of benzene rings is 2. The van der Waals surface area contributed by atoms with Crippen molar-refractivity contribution in [3.8, 4) is 5.75 Å². The maximum atomic E-state index is 13.4. The van der Waals surface area contributed by atoms with E-state index in [4.69, 9.17) is 14.2 Å². The molecule has 6 nitrogen and oxygen atoms in total. The number of Topliss-reactive ketones (excluding diaryl/α,β-unsaturated/α-hetero) is 1. The van der Waals surface area contributed by atoms with E-state index < -0.39 is 23.8 Å². The second kappa shape index (κ2) is 9.62. The number of phenols is 1. The lowest BCUT2D eigenvalue weighted by atomic mass is 9.86. The molecule has 1 N–H and O–H groups in total. The SMILES string of the molecule is Cc1cccc(O)c1C(=O)C(CC(=O)OC(C)(C)C)Cc1cccc(C2OCCO2)c1. The van der Waals surface area contributed by atoms with Gasteiger partial charge in [0.1, 0.15) is 11.4 Å². The average molecular weight is 427 g/mol. The number of hydrogen-bond acceptors (Lipinski definition) is 6. The molecule has 0 aliphatic carbocycles. The fourth-order valence-corrected chi connectivity index (χ4v) is 3.72. The Hall–Kier alpha value is -2.70. The maximum absolute atomic E-state index is 13.4. The second-order valence-corrected chi connectivity index (χ2v) is 8.84. The van der Waals surface area contributed by atoms with E-state index in [0.29, 0.717) is 25.2 Å². The molecule has 6 heteroatoms. The molecule has 166 valence electrons. The first-order valence-corrected chi connectivity index (χ1v) is 10.5. The van der Waals surface area contributed by atoms with Crippen molar-refractivity contribution >= 4 is 11.8 Å². The van der Waals surface area contributed by atoms with E-state index in [9.17, 15) is 14.7 Å². The van der Waals surface area contributed by atoms with E-state index in [1.54, 1.807) is 39.8 Å². The summed E-state index contributed by atoms with van der Waals surface area (Å²) in [6.07, 6.45) is -0.169. The Morgan fingerprint density at radius 3 is 2.45 bits per heavy atom. The predicted molar refractivity (Wildman–Crippen MR) is 116 cm³/mol. The van der Waals surface area contributed by atoms with E-state index in [1.807, 2.05) is 24.3 Å². The summed E-state index contributed by atoms with van der Waals surface area (Å²) >= 11 is 0. The smallest absolute Gasteiger partial charge is 0.307 e. The van der Waals surface area contributed by atoms with Crippen LogP contribution in [0.4, 0.5) is 0 Å². The Bertz CT molecular complexity index is 917. The number of carbonyl (C=O) groups is 2. The fraction of sp³-hybridized carbons (Fsp3) is 0.440. The van der Waals surface area contributed by atoms with Crippen molar-refractivity contribution in [3.63, 3.8) is 0 Å². The Balaban J connectivity index is 1.88. The number of phenolic OH excluding ortho intramolecular Hbond substituents is 1.